The summed E-state index contributed by atoms with van der Waals surface area (Å²) in [6, 6.07) is 11.3. The van der Waals surface area contributed by atoms with Crippen molar-refractivity contribution in [1.82, 2.24) is 20.0 Å². The van der Waals surface area contributed by atoms with Crippen LogP contribution in [0.2, 0.25) is 0 Å². The third kappa shape index (κ3) is 3.33. The first-order valence-corrected chi connectivity index (χ1v) is 8.50. The first-order valence-electron chi connectivity index (χ1n) is 8.50. The predicted octanol–water partition coefficient (Wildman–Crippen LogP) is 3.29. The molecule has 0 spiro atoms. The van der Waals surface area contributed by atoms with Crippen LogP contribution in [0.5, 0.6) is 0 Å². The average molecular weight is 352 g/mol. The maximum absolute atomic E-state index is 13.3. The summed E-state index contributed by atoms with van der Waals surface area (Å²) in [5.41, 5.74) is 1.02. The summed E-state index contributed by atoms with van der Waals surface area (Å²) < 4.78 is 18.6. The van der Waals surface area contributed by atoms with Crippen molar-refractivity contribution in [3.05, 3.63) is 65.9 Å². The number of pyridine rings is 1. The second-order valence-electron chi connectivity index (χ2n) is 6.25. The summed E-state index contributed by atoms with van der Waals surface area (Å²) in [6.45, 7) is 1.15. The third-order valence-electron chi connectivity index (χ3n) is 4.54. The third-order valence-corrected chi connectivity index (χ3v) is 4.54. The molecular weight excluding hydrogens is 335 g/mol. The lowest BCUT2D eigenvalue weighted by Gasteiger charge is -2.30. The van der Waals surface area contributed by atoms with Crippen molar-refractivity contribution in [1.29, 1.82) is 0 Å². The molecule has 0 saturated carbocycles. The number of hydrogen-bond donors (Lipinski definition) is 0. The molecule has 0 unspecified atom stereocenters. The normalized spacial score (nSPS) is 15.2. The Kier molecular flexibility index (Phi) is 4.43. The number of piperidine rings is 1. The molecule has 1 fully saturated rings. The molecule has 6 nitrogen and oxygen atoms in total. The molecule has 0 radical (unpaired) electrons. The zero-order chi connectivity index (χ0) is 17.9. The summed E-state index contributed by atoms with van der Waals surface area (Å²) >= 11 is 0. The number of benzene rings is 1. The molecule has 3 heterocycles. The molecule has 26 heavy (non-hydrogen) atoms. The zero-order valence-electron chi connectivity index (χ0n) is 14.0. The molecule has 0 aliphatic carbocycles. The molecule has 0 bridgehead atoms. The van der Waals surface area contributed by atoms with Gasteiger partial charge >= 0.3 is 0 Å². The van der Waals surface area contributed by atoms with Crippen molar-refractivity contribution in [2.45, 2.75) is 18.8 Å². The Hall–Kier alpha value is -3.09. The van der Waals surface area contributed by atoms with Gasteiger partial charge in [0.15, 0.2) is 5.82 Å². The largest absolute Gasteiger partial charge is 0.339 e. The van der Waals surface area contributed by atoms with Crippen LogP contribution in [0.1, 0.15) is 34.9 Å². The molecule has 1 amide bonds. The molecule has 3 aromatic rings. The van der Waals surface area contributed by atoms with Crippen LogP contribution >= 0.6 is 0 Å². The fourth-order valence-electron chi connectivity index (χ4n) is 3.14. The minimum Gasteiger partial charge on any atom is -0.339 e. The van der Waals surface area contributed by atoms with Crippen LogP contribution in [0, 0.1) is 5.82 Å². The van der Waals surface area contributed by atoms with Crippen molar-refractivity contribution in [3.8, 4) is 11.6 Å². The summed E-state index contributed by atoms with van der Waals surface area (Å²) in [6.07, 6.45) is 3.15. The predicted molar refractivity (Wildman–Crippen MR) is 91.8 cm³/mol. The Balaban J connectivity index is 1.41. The highest BCUT2D eigenvalue weighted by atomic mass is 19.1. The molecule has 1 saturated heterocycles. The van der Waals surface area contributed by atoms with E-state index >= 15 is 0 Å². The van der Waals surface area contributed by atoms with Gasteiger partial charge in [0.05, 0.1) is 0 Å². The monoisotopic (exact) mass is 352 g/mol. The molecular formula is C19H17FN4O2. The SMILES string of the molecule is O=C(c1cccc(F)c1)N1CCC(c2noc(-c3ccccn3)n2)CC1. The van der Waals surface area contributed by atoms with Crippen molar-refractivity contribution in [2.75, 3.05) is 13.1 Å². The Labute approximate surface area is 149 Å². The molecule has 132 valence electrons. The Morgan fingerprint density at radius 1 is 1.15 bits per heavy atom. The standard InChI is InChI=1S/C19H17FN4O2/c20-15-5-3-4-14(12-15)19(25)24-10-7-13(8-11-24)17-22-18(26-23-17)16-6-1-2-9-21-16/h1-6,9,12-13H,7-8,10-11H2. The second-order valence-corrected chi connectivity index (χ2v) is 6.25. The Morgan fingerprint density at radius 3 is 2.73 bits per heavy atom. The first-order chi connectivity index (χ1) is 12.7. The fraction of sp³-hybridized carbons (Fsp3) is 0.263. The van der Waals surface area contributed by atoms with E-state index in [4.69, 9.17) is 4.52 Å². The molecule has 0 N–H and O–H groups in total. The lowest BCUT2D eigenvalue weighted by molar-refractivity contribution is 0.0710. The summed E-state index contributed by atoms with van der Waals surface area (Å²) in [4.78, 5) is 22.9. The zero-order valence-corrected chi connectivity index (χ0v) is 14.0. The van der Waals surface area contributed by atoms with E-state index < -0.39 is 5.82 Å². The van der Waals surface area contributed by atoms with Crippen LogP contribution in [0.4, 0.5) is 4.39 Å². The van der Waals surface area contributed by atoms with E-state index in [1.54, 1.807) is 23.2 Å². The van der Waals surface area contributed by atoms with Crippen LogP contribution in [-0.2, 0) is 0 Å². The smallest absolute Gasteiger partial charge is 0.276 e. The van der Waals surface area contributed by atoms with Crippen molar-refractivity contribution in [2.24, 2.45) is 0 Å². The number of halogens is 1. The van der Waals surface area contributed by atoms with E-state index in [0.29, 0.717) is 36.1 Å². The van der Waals surface area contributed by atoms with Crippen LogP contribution in [-0.4, -0.2) is 39.0 Å². The molecule has 0 atom stereocenters. The van der Waals surface area contributed by atoms with Gasteiger partial charge in [0, 0.05) is 30.8 Å². The van der Waals surface area contributed by atoms with Gasteiger partial charge in [-0.1, -0.05) is 17.3 Å². The van der Waals surface area contributed by atoms with Crippen molar-refractivity contribution < 1.29 is 13.7 Å². The minimum absolute atomic E-state index is 0.132. The Bertz CT molecular complexity index is 905. The number of carbonyl (C=O) groups excluding carboxylic acids is 1. The van der Waals surface area contributed by atoms with Crippen LogP contribution < -0.4 is 0 Å². The summed E-state index contributed by atoms with van der Waals surface area (Å²) in [7, 11) is 0. The van der Waals surface area contributed by atoms with E-state index in [1.165, 1.54) is 12.1 Å². The lowest BCUT2D eigenvalue weighted by atomic mass is 9.95. The van der Waals surface area contributed by atoms with E-state index in [-0.39, 0.29) is 11.8 Å². The highest BCUT2D eigenvalue weighted by molar-refractivity contribution is 5.94. The van der Waals surface area contributed by atoms with Crippen LogP contribution in [0.15, 0.2) is 53.2 Å². The van der Waals surface area contributed by atoms with E-state index in [0.717, 1.165) is 12.8 Å². The topological polar surface area (TPSA) is 72.1 Å². The van der Waals surface area contributed by atoms with Gasteiger partial charge in [-0.2, -0.15) is 4.98 Å². The van der Waals surface area contributed by atoms with E-state index in [1.807, 2.05) is 18.2 Å². The van der Waals surface area contributed by atoms with Gasteiger partial charge in [-0.05, 0) is 43.2 Å². The number of amides is 1. The summed E-state index contributed by atoms with van der Waals surface area (Å²) in [5, 5.41) is 4.08. The minimum atomic E-state index is -0.403. The molecule has 4 rings (SSSR count). The second kappa shape index (κ2) is 7.03. The highest BCUT2D eigenvalue weighted by Gasteiger charge is 2.28. The Morgan fingerprint density at radius 2 is 2.00 bits per heavy atom. The summed E-state index contributed by atoms with van der Waals surface area (Å²) in [5.74, 6) is 0.625. The number of carbonyl (C=O) groups is 1. The number of aromatic nitrogens is 3. The van der Waals surface area contributed by atoms with Gasteiger partial charge in [-0.15, -0.1) is 0 Å². The first kappa shape index (κ1) is 16.4. The number of rotatable bonds is 3. The van der Waals surface area contributed by atoms with Gasteiger partial charge in [0.25, 0.3) is 11.8 Å². The fourth-order valence-corrected chi connectivity index (χ4v) is 3.14. The average Bonchev–Trinajstić information content (AvgIpc) is 3.18. The van der Waals surface area contributed by atoms with Crippen molar-refractivity contribution in [3.63, 3.8) is 0 Å². The molecule has 1 aliphatic rings. The van der Waals surface area contributed by atoms with Crippen LogP contribution in [0.25, 0.3) is 11.6 Å². The van der Waals surface area contributed by atoms with Gasteiger partial charge in [0.2, 0.25) is 0 Å². The number of hydrogen-bond acceptors (Lipinski definition) is 5. The van der Waals surface area contributed by atoms with Gasteiger partial charge in [-0.3, -0.25) is 9.78 Å². The number of nitrogens with zero attached hydrogens (tertiary/aromatic N) is 4. The molecule has 1 aromatic carbocycles. The van der Waals surface area contributed by atoms with Gasteiger partial charge < -0.3 is 9.42 Å². The lowest BCUT2D eigenvalue weighted by Crippen LogP contribution is -2.38. The molecule has 2 aromatic heterocycles. The van der Waals surface area contributed by atoms with Gasteiger partial charge in [0.1, 0.15) is 11.5 Å². The van der Waals surface area contributed by atoms with E-state index in [9.17, 15) is 9.18 Å². The quantitative estimate of drug-likeness (QED) is 0.723. The van der Waals surface area contributed by atoms with E-state index in [2.05, 4.69) is 15.1 Å². The van der Waals surface area contributed by atoms with Gasteiger partial charge in [-0.25, -0.2) is 4.39 Å². The maximum atomic E-state index is 13.3. The maximum Gasteiger partial charge on any atom is 0.276 e. The number of likely N-dealkylation sites (tertiary alicyclic amines) is 1. The highest BCUT2D eigenvalue weighted by Crippen LogP contribution is 2.28. The van der Waals surface area contributed by atoms with Crippen molar-refractivity contribution >= 4 is 5.91 Å². The molecule has 1 aliphatic heterocycles. The molecule has 7 heteroatoms. The van der Waals surface area contributed by atoms with Crippen LogP contribution in [0.3, 0.4) is 0 Å².